The molecule has 6 aromatic rings. The van der Waals surface area contributed by atoms with Crippen molar-refractivity contribution >= 4 is 57.6 Å². The maximum absolute atomic E-state index is 13.9. The van der Waals surface area contributed by atoms with Gasteiger partial charge in [0, 0.05) is 43.5 Å². The monoisotopic (exact) mass is 719 g/mol. The molecule has 53 heavy (non-hydrogen) atoms. The van der Waals surface area contributed by atoms with Crippen LogP contribution in [0.15, 0.2) is 48.7 Å². The molecule has 15 nitrogen and oxygen atoms in total. The summed E-state index contributed by atoms with van der Waals surface area (Å²) in [6.07, 6.45) is 5.15. The first-order chi connectivity index (χ1) is 25.4. The van der Waals surface area contributed by atoms with E-state index >= 15 is 0 Å². The van der Waals surface area contributed by atoms with Crippen molar-refractivity contribution in [2.45, 2.75) is 86.5 Å². The normalized spacial score (nSPS) is 11.4. The summed E-state index contributed by atoms with van der Waals surface area (Å²) < 4.78 is 7.45. The first-order valence-corrected chi connectivity index (χ1v) is 17.9. The highest BCUT2D eigenvalue weighted by Crippen LogP contribution is 2.26. The SMILES string of the molecule is CCn1cc(C)c(CCCCCn2nc(C)cc2C(=O)Nc2nc3cc(C(N)=O)ccc3n2CC)c1C(=O)Nc1nc2cc(C(N)=O)ccc2n1CC. The molecule has 0 saturated heterocycles. The summed E-state index contributed by atoms with van der Waals surface area (Å²) in [4.78, 5) is 60.0. The Morgan fingerprint density at radius 1 is 0.717 bits per heavy atom. The number of nitrogens with zero attached hydrogens (tertiary/aromatic N) is 7. The zero-order valence-corrected chi connectivity index (χ0v) is 30.7. The van der Waals surface area contributed by atoms with Crippen molar-refractivity contribution in [3.8, 4) is 0 Å². The molecule has 0 aliphatic carbocycles. The Labute approximate surface area is 306 Å². The largest absolute Gasteiger partial charge is 0.366 e. The van der Waals surface area contributed by atoms with Crippen molar-refractivity contribution in [3.63, 3.8) is 0 Å². The van der Waals surface area contributed by atoms with Gasteiger partial charge in [-0.2, -0.15) is 5.10 Å². The minimum absolute atomic E-state index is 0.248. The van der Waals surface area contributed by atoms with E-state index in [0.717, 1.165) is 47.1 Å². The number of carbonyl (C=O) groups excluding carboxylic acids is 4. The van der Waals surface area contributed by atoms with Gasteiger partial charge < -0.3 is 25.2 Å². The van der Waals surface area contributed by atoms with Crippen LogP contribution < -0.4 is 22.1 Å². The fraction of sp³-hybridized carbons (Fsp3) is 0.342. The topological polar surface area (TPSA) is 203 Å². The summed E-state index contributed by atoms with van der Waals surface area (Å²) >= 11 is 0. The van der Waals surface area contributed by atoms with Crippen molar-refractivity contribution in [3.05, 3.63) is 88.0 Å². The number of unbranched alkanes of at least 4 members (excludes halogenated alkanes) is 2. The molecule has 0 saturated carbocycles. The number of nitrogens with one attached hydrogen (secondary N) is 2. The van der Waals surface area contributed by atoms with Gasteiger partial charge in [0.1, 0.15) is 11.4 Å². The molecule has 0 aliphatic heterocycles. The smallest absolute Gasteiger partial charge is 0.276 e. The highest BCUT2D eigenvalue weighted by atomic mass is 16.2. The number of aromatic nitrogens is 7. The molecule has 0 spiro atoms. The van der Waals surface area contributed by atoms with Gasteiger partial charge in [0.25, 0.3) is 11.8 Å². The Bertz CT molecular complexity index is 2380. The van der Waals surface area contributed by atoms with Crippen LogP contribution in [-0.2, 0) is 32.6 Å². The third-order valence-corrected chi connectivity index (χ3v) is 9.53. The quantitative estimate of drug-likeness (QED) is 0.105. The Balaban J connectivity index is 1.11. The lowest BCUT2D eigenvalue weighted by Crippen LogP contribution is -2.21. The van der Waals surface area contributed by atoms with E-state index in [4.69, 9.17) is 11.5 Å². The molecule has 0 fully saturated rings. The van der Waals surface area contributed by atoms with E-state index in [9.17, 15) is 19.2 Å². The number of primary amides is 2. The molecule has 4 amide bonds. The van der Waals surface area contributed by atoms with E-state index in [1.807, 2.05) is 54.5 Å². The minimum Gasteiger partial charge on any atom is -0.366 e. The van der Waals surface area contributed by atoms with Crippen molar-refractivity contribution in [2.24, 2.45) is 11.5 Å². The van der Waals surface area contributed by atoms with Gasteiger partial charge in [-0.1, -0.05) is 6.42 Å². The van der Waals surface area contributed by atoms with Crippen molar-refractivity contribution in [2.75, 3.05) is 10.6 Å². The number of amides is 4. The second kappa shape index (κ2) is 15.2. The van der Waals surface area contributed by atoms with Gasteiger partial charge in [0.15, 0.2) is 0 Å². The van der Waals surface area contributed by atoms with Crippen LogP contribution in [0.2, 0.25) is 0 Å². The van der Waals surface area contributed by atoms with Crippen LogP contribution in [0, 0.1) is 13.8 Å². The summed E-state index contributed by atoms with van der Waals surface area (Å²) in [5.41, 5.74) is 18.1. The third kappa shape index (κ3) is 7.27. The lowest BCUT2D eigenvalue weighted by molar-refractivity contribution is 0.0992. The maximum atomic E-state index is 13.9. The summed E-state index contributed by atoms with van der Waals surface area (Å²) in [5, 5.41) is 10.5. The molecule has 4 aromatic heterocycles. The molecule has 0 atom stereocenters. The first kappa shape index (κ1) is 36.5. The number of benzene rings is 2. The molecule has 6 N–H and O–H groups in total. The number of rotatable bonds is 15. The summed E-state index contributed by atoms with van der Waals surface area (Å²) in [7, 11) is 0. The zero-order valence-electron chi connectivity index (χ0n) is 30.7. The highest BCUT2D eigenvalue weighted by molar-refractivity contribution is 6.05. The second-order valence-electron chi connectivity index (χ2n) is 13.0. The zero-order chi connectivity index (χ0) is 38.0. The van der Waals surface area contributed by atoms with Crippen LogP contribution >= 0.6 is 0 Å². The van der Waals surface area contributed by atoms with E-state index in [1.165, 1.54) is 0 Å². The van der Waals surface area contributed by atoms with Crippen LogP contribution in [0.4, 0.5) is 11.9 Å². The Hall–Kier alpha value is -6.25. The molecule has 0 unspecified atom stereocenters. The molecule has 6 rings (SSSR count). The van der Waals surface area contributed by atoms with E-state index in [-0.39, 0.29) is 11.8 Å². The van der Waals surface area contributed by atoms with Crippen molar-refractivity contribution in [1.29, 1.82) is 0 Å². The van der Waals surface area contributed by atoms with Crippen LogP contribution in [0.25, 0.3) is 22.1 Å². The van der Waals surface area contributed by atoms with Gasteiger partial charge in [-0.05, 0) is 107 Å². The molecule has 276 valence electrons. The number of imidazole rings is 2. The molecule has 2 aromatic carbocycles. The average molecular weight is 720 g/mol. The van der Waals surface area contributed by atoms with Gasteiger partial charge in [0.2, 0.25) is 23.7 Å². The van der Waals surface area contributed by atoms with Gasteiger partial charge in [-0.3, -0.25) is 34.5 Å². The van der Waals surface area contributed by atoms with E-state index in [2.05, 4.69) is 25.7 Å². The molecule has 0 aliphatic rings. The summed E-state index contributed by atoms with van der Waals surface area (Å²) in [6, 6.07) is 11.9. The second-order valence-corrected chi connectivity index (χ2v) is 13.0. The van der Waals surface area contributed by atoms with E-state index in [0.29, 0.717) is 78.0 Å². The Morgan fingerprint density at radius 2 is 1.28 bits per heavy atom. The van der Waals surface area contributed by atoms with Gasteiger partial charge >= 0.3 is 0 Å². The van der Waals surface area contributed by atoms with Gasteiger partial charge in [-0.15, -0.1) is 0 Å². The first-order valence-electron chi connectivity index (χ1n) is 17.9. The predicted octanol–water partition coefficient (Wildman–Crippen LogP) is 5.18. The molecule has 4 heterocycles. The lowest BCUT2D eigenvalue weighted by Gasteiger charge is -2.12. The Kier molecular flexibility index (Phi) is 10.4. The number of aryl methyl sites for hydroxylation is 6. The van der Waals surface area contributed by atoms with Crippen LogP contribution in [0.3, 0.4) is 0 Å². The molecular formula is C38H45N11O4. The van der Waals surface area contributed by atoms with Crippen molar-refractivity contribution < 1.29 is 19.2 Å². The average Bonchev–Trinajstić information content (AvgIpc) is 3.87. The minimum atomic E-state index is -0.545. The summed E-state index contributed by atoms with van der Waals surface area (Å²) in [5.74, 6) is -0.886. The number of hydrogen-bond donors (Lipinski definition) is 4. The van der Waals surface area contributed by atoms with Crippen LogP contribution in [-0.4, -0.2) is 57.1 Å². The molecule has 0 radical (unpaired) electrons. The highest BCUT2D eigenvalue weighted by Gasteiger charge is 2.23. The maximum Gasteiger partial charge on any atom is 0.276 e. The third-order valence-electron chi connectivity index (χ3n) is 9.53. The number of fused-ring (bicyclic) bond motifs is 2. The van der Waals surface area contributed by atoms with Crippen molar-refractivity contribution in [1.82, 2.24) is 33.4 Å². The fourth-order valence-corrected chi connectivity index (χ4v) is 6.93. The number of nitrogens with two attached hydrogens (primary N) is 2. The Morgan fingerprint density at radius 3 is 1.81 bits per heavy atom. The van der Waals surface area contributed by atoms with Crippen LogP contribution in [0.5, 0.6) is 0 Å². The number of anilines is 2. The van der Waals surface area contributed by atoms with E-state index < -0.39 is 11.8 Å². The van der Waals surface area contributed by atoms with Crippen LogP contribution in [0.1, 0.15) is 98.5 Å². The lowest BCUT2D eigenvalue weighted by atomic mass is 10.0. The van der Waals surface area contributed by atoms with E-state index in [1.54, 1.807) is 47.1 Å². The predicted molar refractivity (Wildman–Crippen MR) is 203 cm³/mol. The fourth-order valence-electron chi connectivity index (χ4n) is 6.93. The van der Waals surface area contributed by atoms with Gasteiger partial charge in [-0.25, -0.2) is 9.97 Å². The number of hydrogen-bond acceptors (Lipinski definition) is 7. The standard InChI is InChI=1S/C38H45N11O4/c1-6-46-21-22(4)26(32(46)36(53)44-38-42-28-20-25(34(40)51)14-16-30(28)48(38)8-3)12-10-9-11-17-49-31(18-23(5)45-49)35(52)43-37-41-27-19-24(33(39)50)13-15-29(27)47(37)7-2/h13-16,18-21H,6-12,17H2,1-5H3,(H2,39,50)(H2,40,51)(H,41,43,52)(H,42,44,53). The molecular weight excluding hydrogens is 674 g/mol. The number of carbonyl (C=O) groups is 4. The molecule has 0 bridgehead atoms. The summed E-state index contributed by atoms with van der Waals surface area (Å²) in [6.45, 7) is 12.1. The van der Waals surface area contributed by atoms with Gasteiger partial charge in [0.05, 0.1) is 27.8 Å². The molecule has 15 heteroatoms.